The summed E-state index contributed by atoms with van der Waals surface area (Å²) in [5.41, 5.74) is 1.04. The molecule has 0 unspecified atom stereocenters. The van der Waals surface area contributed by atoms with E-state index >= 15 is 0 Å². The minimum absolute atomic E-state index is 0.00596. The quantitative estimate of drug-likeness (QED) is 0.479. The highest BCUT2D eigenvalue weighted by Gasteiger charge is 2.22. The van der Waals surface area contributed by atoms with Crippen molar-refractivity contribution in [1.82, 2.24) is 10.2 Å². The topological polar surface area (TPSA) is 61.8 Å². The van der Waals surface area contributed by atoms with E-state index in [2.05, 4.69) is 16.8 Å². The second-order valence-electron chi connectivity index (χ2n) is 5.49. The fraction of sp³-hybridized carbons (Fsp3) is 0.471. The third-order valence-electron chi connectivity index (χ3n) is 3.86. The Morgan fingerprint density at radius 3 is 2.82 bits per heavy atom. The average Bonchev–Trinajstić information content (AvgIpc) is 2.51. The molecule has 5 heteroatoms. The van der Waals surface area contributed by atoms with Gasteiger partial charge in [0.05, 0.1) is 0 Å². The van der Waals surface area contributed by atoms with Crippen LogP contribution in [0.4, 0.5) is 0 Å². The third-order valence-corrected chi connectivity index (χ3v) is 3.86. The van der Waals surface area contributed by atoms with E-state index in [4.69, 9.17) is 4.74 Å². The molecule has 1 heterocycles. The second-order valence-corrected chi connectivity index (χ2v) is 5.49. The molecule has 0 radical (unpaired) electrons. The summed E-state index contributed by atoms with van der Waals surface area (Å²) >= 11 is 0. The molecule has 1 saturated heterocycles. The summed E-state index contributed by atoms with van der Waals surface area (Å²) in [6.07, 6.45) is 3.79. The Labute approximate surface area is 131 Å². The maximum absolute atomic E-state index is 11.0. The molecule has 0 spiro atoms. The Balaban J connectivity index is 2.20. The predicted molar refractivity (Wildman–Crippen MR) is 86.0 cm³/mol. The Morgan fingerprint density at radius 2 is 2.23 bits per heavy atom. The fourth-order valence-corrected chi connectivity index (χ4v) is 2.81. The Bertz CT molecular complexity index is 525. The van der Waals surface area contributed by atoms with Crippen molar-refractivity contribution < 1.29 is 14.6 Å². The Hall–Kier alpha value is -1.85. The molecule has 1 aliphatic rings. The molecular formula is C17H24N2O3. The van der Waals surface area contributed by atoms with Gasteiger partial charge in [-0.2, -0.15) is 0 Å². The minimum Gasteiger partial charge on any atom is -0.504 e. The zero-order valence-electron chi connectivity index (χ0n) is 13.0. The molecule has 22 heavy (non-hydrogen) atoms. The van der Waals surface area contributed by atoms with Gasteiger partial charge < -0.3 is 15.2 Å². The molecule has 0 aromatic heterocycles. The van der Waals surface area contributed by atoms with E-state index in [9.17, 15) is 9.90 Å². The number of rotatable bonds is 6. The fourth-order valence-electron chi connectivity index (χ4n) is 2.81. The van der Waals surface area contributed by atoms with Gasteiger partial charge in [-0.15, -0.1) is 6.58 Å². The first kappa shape index (κ1) is 16.5. The first-order valence-electron chi connectivity index (χ1n) is 7.69. The molecule has 1 fully saturated rings. The van der Waals surface area contributed by atoms with Crippen LogP contribution in [-0.4, -0.2) is 42.2 Å². The summed E-state index contributed by atoms with van der Waals surface area (Å²) in [5, 5.41) is 13.4. The molecule has 1 atom stereocenters. The monoisotopic (exact) mass is 304 g/mol. The highest BCUT2D eigenvalue weighted by atomic mass is 16.5. The van der Waals surface area contributed by atoms with Crippen molar-refractivity contribution in [2.75, 3.05) is 26.2 Å². The largest absolute Gasteiger partial charge is 0.504 e. The van der Waals surface area contributed by atoms with Crippen LogP contribution in [0.5, 0.6) is 11.5 Å². The lowest BCUT2D eigenvalue weighted by Crippen LogP contribution is -2.45. The summed E-state index contributed by atoms with van der Waals surface area (Å²) in [7, 11) is 0. The number of aromatic hydroxyl groups is 1. The van der Waals surface area contributed by atoms with Crippen LogP contribution in [-0.2, 0) is 4.79 Å². The van der Waals surface area contributed by atoms with Gasteiger partial charge in [0.15, 0.2) is 11.5 Å². The molecule has 5 nitrogen and oxygen atoms in total. The van der Waals surface area contributed by atoms with E-state index in [0.29, 0.717) is 0 Å². The number of hydrogen-bond donors (Lipinski definition) is 2. The number of nitrogens with zero attached hydrogens (tertiary/aromatic N) is 1. The van der Waals surface area contributed by atoms with Gasteiger partial charge in [0, 0.05) is 39.1 Å². The number of phenolic OH excluding ortho intramolecular Hbond substituents is 1. The predicted octanol–water partition coefficient (Wildman–Crippen LogP) is 2.23. The normalized spacial score (nSPS) is 17.0. The zero-order valence-corrected chi connectivity index (χ0v) is 13.0. The van der Waals surface area contributed by atoms with E-state index in [1.165, 1.54) is 6.92 Å². The van der Waals surface area contributed by atoms with Gasteiger partial charge >= 0.3 is 5.97 Å². The molecule has 0 saturated carbocycles. The zero-order chi connectivity index (χ0) is 15.9. The van der Waals surface area contributed by atoms with Gasteiger partial charge in [-0.3, -0.25) is 9.69 Å². The number of esters is 1. The van der Waals surface area contributed by atoms with E-state index in [1.54, 1.807) is 12.1 Å². The van der Waals surface area contributed by atoms with Crippen LogP contribution in [0.3, 0.4) is 0 Å². The Morgan fingerprint density at radius 1 is 1.50 bits per heavy atom. The third kappa shape index (κ3) is 4.32. The number of phenols is 1. The number of hydrogen-bond acceptors (Lipinski definition) is 5. The first-order valence-corrected chi connectivity index (χ1v) is 7.69. The Kier molecular flexibility index (Phi) is 5.98. The van der Waals surface area contributed by atoms with Crippen LogP contribution in [0, 0.1) is 0 Å². The van der Waals surface area contributed by atoms with Gasteiger partial charge in [-0.05, 0) is 30.5 Å². The molecule has 1 aliphatic heterocycles. The van der Waals surface area contributed by atoms with E-state index < -0.39 is 5.97 Å². The SMILES string of the molecule is C=CCC[C@H](c1ccc(OC(C)=O)c(O)c1)N1CCNCC1. The minimum atomic E-state index is -0.437. The van der Waals surface area contributed by atoms with Gasteiger partial charge in [-0.1, -0.05) is 12.1 Å². The molecule has 120 valence electrons. The molecular weight excluding hydrogens is 280 g/mol. The van der Waals surface area contributed by atoms with Crippen molar-refractivity contribution in [2.45, 2.75) is 25.8 Å². The van der Waals surface area contributed by atoms with Crippen molar-refractivity contribution in [1.29, 1.82) is 0 Å². The van der Waals surface area contributed by atoms with Gasteiger partial charge in [0.1, 0.15) is 0 Å². The lowest BCUT2D eigenvalue weighted by molar-refractivity contribution is -0.132. The number of allylic oxidation sites excluding steroid dienone is 1. The van der Waals surface area contributed by atoms with E-state index in [1.807, 2.05) is 12.1 Å². The number of carbonyl (C=O) groups excluding carboxylic acids is 1. The number of benzene rings is 1. The first-order chi connectivity index (χ1) is 10.6. The van der Waals surface area contributed by atoms with E-state index in [0.717, 1.165) is 44.6 Å². The molecule has 2 N–H and O–H groups in total. The van der Waals surface area contributed by atoms with Crippen LogP contribution >= 0.6 is 0 Å². The maximum atomic E-state index is 11.0. The van der Waals surface area contributed by atoms with Crippen LogP contribution < -0.4 is 10.1 Å². The van der Waals surface area contributed by atoms with Crippen LogP contribution in [0.25, 0.3) is 0 Å². The molecule has 1 aromatic rings. The second kappa shape index (κ2) is 7.96. The lowest BCUT2D eigenvalue weighted by atomic mass is 9.99. The molecule has 1 aromatic carbocycles. The summed E-state index contributed by atoms with van der Waals surface area (Å²) in [6.45, 7) is 9.03. The summed E-state index contributed by atoms with van der Waals surface area (Å²) in [6, 6.07) is 5.52. The van der Waals surface area contributed by atoms with Crippen molar-refractivity contribution in [3.63, 3.8) is 0 Å². The smallest absolute Gasteiger partial charge is 0.308 e. The summed E-state index contributed by atoms with van der Waals surface area (Å²) < 4.78 is 4.98. The molecule has 0 aliphatic carbocycles. The summed E-state index contributed by atoms with van der Waals surface area (Å²) in [5.74, 6) is -0.223. The average molecular weight is 304 g/mol. The molecule has 0 amide bonds. The molecule has 2 rings (SSSR count). The van der Waals surface area contributed by atoms with Crippen molar-refractivity contribution in [2.24, 2.45) is 0 Å². The highest BCUT2D eigenvalue weighted by Crippen LogP contribution is 2.33. The van der Waals surface area contributed by atoms with Crippen LogP contribution in [0.2, 0.25) is 0 Å². The van der Waals surface area contributed by atoms with Crippen molar-refractivity contribution >= 4 is 5.97 Å². The number of carbonyl (C=O) groups is 1. The number of piperazine rings is 1. The van der Waals surface area contributed by atoms with Gasteiger partial charge in [0.25, 0.3) is 0 Å². The standard InChI is InChI=1S/C17H24N2O3/c1-3-4-5-15(19-10-8-18-9-11-19)14-6-7-17(16(21)12-14)22-13(2)20/h3,6-7,12,15,18,21H,1,4-5,8-11H2,2H3/t15-/m1/s1. The van der Waals surface area contributed by atoms with Gasteiger partial charge in [-0.25, -0.2) is 0 Å². The molecule has 0 bridgehead atoms. The van der Waals surface area contributed by atoms with E-state index in [-0.39, 0.29) is 17.5 Å². The van der Waals surface area contributed by atoms with Crippen molar-refractivity contribution in [3.05, 3.63) is 36.4 Å². The van der Waals surface area contributed by atoms with Crippen LogP contribution in [0.1, 0.15) is 31.4 Å². The number of ether oxygens (including phenoxy) is 1. The summed E-state index contributed by atoms with van der Waals surface area (Å²) in [4.78, 5) is 13.4. The van der Waals surface area contributed by atoms with Crippen LogP contribution in [0.15, 0.2) is 30.9 Å². The van der Waals surface area contributed by atoms with Gasteiger partial charge in [0.2, 0.25) is 0 Å². The van der Waals surface area contributed by atoms with Crippen molar-refractivity contribution in [3.8, 4) is 11.5 Å². The maximum Gasteiger partial charge on any atom is 0.308 e. The number of nitrogens with one attached hydrogen (secondary N) is 1. The lowest BCUT2D eigenvalue weighted by Gasteiger charge is -2.35. The highest BCUT2D eigenvalue weighted by molar-refractivity contribution is 5.70.